The summed E-state index contributed by atoms with van der Waals surface area (Å²) in [4.78, 5) is 117. The second kappa shape index (κ2) is 22.3. The van der Waals surface area contributed by atoms with Crippen LogP contribution < -0.4 is 21.3 Å². The lowest BCUT2D eigenvalue weighted by atomic mass is 9.98. The number of rotatable bonds is 8. The SMILES string of the molecule is CC(C)C[C@@H]1NC(=O)[C@H]([C@@H](C)O)NC(=O)[C@H](CC(C)C)N(C)C(=O)[C@H](Cc2ccccc2)N(C)C(=O)CN(C)C(=O)C(C)NC(=O)CC(C(=O)N2CCCCC2)NC1=O. The van der Waals surface area contributed by atoms with Crippen LogP contribution in [0, 0.1) is 11.8 Å². The number of likely N-dealkylation sites (tertiary alicyclic amines) is 1. The molecule has 0 bridgehead atoms. The molecule has 2 aliphatic rings. The molecule has 8 amide bonds. The highest BCUT2D eigenvalue weighted by atomic mass is 16.3. The average molecular weight is 827 g/mol. The van der Waals surface area contributed by atoms with E-state index in [9.17, 15) is 43.5 Å². The fourth-order valence-corrected chi connectivity index (χ4v) is 7.37. The molecule has 0 aliphatic carbocycles. The monoisotopic (exact) mass is 826 g/mol. The van der Waals surface area contributed by atoms with Crippen LogP contribution in [0.4, 0.5) is 0 Å². The van der Waals surface area contributed by atoms with Crippen molar-refractivity contribution in [3.8, 4) is 0 Å². The lowest BCUT2D eigenvalue weighted by molar-refractivity contribution is -0.150. The molecular formula is C42H66N8O9. The lowest BCUT2D eigenvalue weighted by Gasteiger charge is -2.36. The Hall–Kier alpha value is -5.06. The summed E-state index contributed by atoms with van der Waals surface area (Å²) >= 11 is 0. The van der Waals surface area contributed by atoms with Gasteiger partial charge in [0.1, 0.15) is 36.3 Å². The van der Waals surface area contributed by atoms with E-state index >= 15 is 0 Å². The highest BCUT2D eigenvalue weighted by molar-refractivity contribution is 5.98. The Kier molecular flexibility index (Phi) is 18.3. The van der Waals surface area contributed by atoms with Crippen molar-refractivity contribution in [1.82, 2.24) is 40.9 Å². The summed E-state index contributed by atoms with van der Waals surface area (Å²) in [6, 6.07) is 1.43. The molecule has 2 heterocycles. The van der Waals surface area contributed by atoms with E-state index in [4.69, 9.17) is 0 Å². The molecule has 17 nitrogen and oxygen atoms in total. The van der Waals surface area contributed by atoms with Gasteiger partial charge < -0.3 is 46.0 Å². The number of benzene rings is 1. The highest BCUT2D eigenvalue weighted by Crippen LogP contribution is 2.18. The molecule has 3 rings (SSSR count). The molecule has 0 radical (unpaired) electrons. The number of piperidine rings is 1. The molecule has 2 fully saturated rings. The Morgan fingerprint density at radius 2 is 1.34 bits per heavy atom. The summed E-state index contributed by atoms with van der Waals surface area (Å²) in [5, 5.41) is 21.4. The maximum atomic E-state index is 14.5. The molecule has 0 saturated carbocycles. The zero-order valence-corrected chi connectivity index (χ0v) is 36.2. The Morgan fingerprint density at radius 3 is 1.92 bits per heavy atom. The molecule has 17 heteroatoms. The molecular weight excluding hydrogens is 761 g/mol. The smallest absolute Gasteiger partial charge is 0.246 e. The van der Waals surface area contributed by atoms with Crippen molar-refractivity contribution in [2.24, 2.45) is 11.8 Å². The third-order valence-electron chi connectivity index (χ3n) is 10.8. The number of hydrogen-bond donors (Lipinski definition) is 5. The van der Waals surface area contributed by atoms with E-state index in [0.29, 0.717) is 13.1 Å². The number of aliphatic hydroxyl groups is 1. The van der Waals surface area contributed by atoms with Gasteiger partial charge in [0, 0.05) is 40.7 Å². The van der Waals surface area contributed by atoms with Crippen LogP contribution in [0.15, 0.2) is 30.3 Å². The molecule has 0 aromatic heterocycles. The second-order valence-electron chi connectivity index (χ2n) is 16.9. The van der Waals surface area contributed by atoms with Gasteiger partial charge in [-0.3, -0.25) is 38.4 Å². The Labute approximate surface area is 348 Å². The third-order valence-corrected chi connectivity index (χ3v) is 10.8. The number of nitrogens with zero attached hydrogens (tertiary/aromatic N) is 4. The van der Waals surface area contributed by atoms with Crippen LogP contribution in [0.2, 0.25) is 0 Å². The number of aliphatic hydroxyl groups excluding tert-OH is 1. The molecule has 2 unspecified atom stereocenters. The number of carbonyl (C=O) groups is 8. The Balaban J connectivity index is 2.12. The predicted molar refractivity (Wildman–Crippen MR) is 220 cm³/mol. The van der Waals surface area contributed by atoms with Crippen LogP contribution in [-0.4, -0.2) is 155 Å². The number of hydrogen-bond acceptors (Lipinski definition) is 9. The van der Waals surface area contributed by atoms with Crippen LogP contribution in [0.1, 0.15) is 85.6 Å². The largest absolute Gasteiger partial charge is 0.391 e. The van der Waals surface area contributed by atoms with Gasteiger partial charge in [-0.15, -0.1) is 0 Å². The number of likely N-dealkylation sites (N-methyl/N-ethyl adjacent to an activating group) is 3. The summed E-state index contributed by atoms with van der Waals surface area (Å²) in [6.07, 6.45) is 0.790. The van der Waals surface area contributed by atoms with Crippen molar-refractivity contribution in [3.05, 3.63) is 35.9 Å². The zero-order valence-electron chi connectivity index (χ0n) is 36.2. The number of amides is 8. The van der Waals surface area contributed by atoms with Gasteiger partial charge in [-0.2, -0.15) is 0 Å². The van der Waals surface area contributed by atoms with Gasteiger partial charge in [-0.25, -0.2) is 0 Å². The quantitative estimate of drug-likeness (QED) is 0.242. The number of nitrogens with one attached hydrogen (secondary N) is 4. The first kappa shape index (κ1) is 48.3. The molecule has 5 N–H and O–H groups in total. The van der Waals surface area contributed by atoms with E-state index in [2.05, 4.69) is 21.3 Å². The van der Waals surface area contributed by atoms with E-state index in [1.807, 2.05) is 33.8 Å². The van der Waals surface area contributed by atoms with E-state index in [1.54, 1.807) is 29.2 Å². The first-order chi connectivity index (χ1) is 27.7. The van der Waals surface area contributed by atoms with Crippen LogP contribution in [-0.2, 0) is 44.8 Å². The van der Waals surface area contributed by atoms with Crippen LogP contribution in [0.25, 0.3) is 0 Å². The summed E-state index contributed by atoms with van der Waals surface area (Å²) in [7, 11) is 4.27. The fraction of sp³-hybridized carbons (Fsp3) is 0.667. The molecule has 0 spiro atoms. The molecule has 1 aromatic carbocycles. The highest BCUT2D eigenvalue weighted by Gasteiger charge is 2.39. The minimum absolute atomic E-state index is 0.0711. The zero-order chi connectivity index (χ0) is 44.1. The minimum atomic E-state index is -1.56. The third kappa shape index (κ3) is 14.0. The molecule has 1 aromatic rings. The van der Waals surface area contributed by atoms with Crippen molar-refractivity contribution in [1.29, 1.82) is 0 Å². The van der Waals surface area contributed by atoms with Crippen molar-refractivity contribution in [2.45, 2.75) is 129 Å². The predicted octanol–water partition coefficient (Wildman–Crippen LogP) is 0.190. The Bertz CT molecular complexity index is 1650. The first-order valence-electron chi connectivity index (χ1n) is 20.7. The van der Waals surface area contributed by atoms with Crippen molar-refractivity contribution >= 4 is 47.3 Å². The van der Waals surface area contributed by atoms with Gasteiger partial charge in [-0.05, 0) is 63.4 Å². The summed E-state index contributed by atoms with van der Waals surface area (Å²) in [5.41, 5.74) is 0.730. The second-order valence-corrected chi connectivity index (χ2v) is 16.9. The fourth-order valence-electron chi connectivity index (χ4n) is 7.37. The van der Waals surface area contributed by atoms with Gasteiger partial charge in [0.05, 0.1) is 19.1 Å². The molecule has 59 heavy (non-hydrogen) atoms. The van der Waals surface area contributed by atoms with Gasteiger partial charge in [-0.1, -0.05) is 58.0 Å². The van der Waals surface area contributed by atoms with Crippen molar-refractivity contribution < 1.29 is 43.5 Å². The average Bonchev–Trinajstić information content (AvgIpc) is 3.18. The van der Waals surface area contributed by atoms with Crippen molar-refractivity contribution in [3.63, 3.8) is 0 Å². The van der Waals surface area contributed by atoms with E-state index < -0.39 is 103 Å². The maximum Gasteiger partial charge on any atom is 0.246 e. The Morgan fingerprint density at radius 1 is 0.729 bits per heavy atom. The van der Waals surface area contributed by atoms with Crippen LogP contribution >= 0.6 is 0 Å². The van der Waals surface area contributed by atoms with Gasteiger partial charge in [0.15, 0.2) is 0 Å². The maximum absolute atomic E-state index is 14.5. The lowest BCUT2D eigenvalue weighted by Crippen LogP contribution is -2.62. The standard InChI is InChI=1S/C42H66N8O9/c1-25(2)20-30-37(54)45-31(41(58)50-18-14-11-15-19-50)23-34(52)43-27(5)40(57)47(7)24-35(53)48(8)33(22-29-16-12-10-13-17-29)42(59)49(9)32(21-26(3)4)38(55)46-36(28(6)51)39(56)44-30/h10,12-13,16-17,25-28,30-33,36,51H,11,14-15,18-24H2,1-9H3,(H,43,52)(H,44,56)(H,45,54)(H,46,55)/t27?,28-,30+,31?,32+,33+,36+/m1/s1. The summed E-state index contributed by atoms with van der Waals surface area (Å²) in [6.45, 7) is 10.5. The van der Waals surface area contributed by atoms with Crippen LogP contribution in [0.5, 0.6) is 0 Å². The number of carbonyl (C=O) groups excluding carboxylic acids is 8. The topological polar surface area (TPSA) is 218 Å². The molecule has 2 saturated heterocycles. The molecule has 7 atom stereocenters. The van der Waals surface area contributed by atoms with E-state index in [0.717, 1.165) is 29.7 Å². The summed E-state index contributed by atoms with van der Waals surface area (Å²) in [5.74, 6) is -5.63. The van der Waals surface area contributed by atoms with E-state index in [1.165, 1.54) is 44.8 Å². The molecule has 328 valence electrons. The van der Waals surface area contributed by atoms with Gasteiger partial charge in [0.2, 0.25) is 47.3 Å². The minimum Gasteiger partial charge on any atom is -0.391 e. The van der Waals surface area contributed by atoms with Gasteiger partial charge in [0.25, 0.3) is 0 Å². The van der Waals surface area contributed by atoms with Gasteiger partial charge >= 0.3 is 0 Å². The normalized spacial score (nSPS) is 26.1. The van der Waals surface area contributed by atoms with Crippen molar-refractivity contribution in [2.75, 3.05) is 40.8 Å². The van der Waals surface area contributed by atoms with E-state index in [-0.39, 0.29) is 31.1 Å². The summed E-state index contributed by atoms with van der Waals surface area (Å²) < 4.78 is 0. The van der Waals surface area contributed by atoms with Crippen LogP contribution in [0.3, 0.4) is 0 Å². The first-order valence-corrected chi connectivity index (χ1v) is 20.7. The molecule has 2 aliphatic heterocycles.